The summed E-state index contributed by atoms with van der Waals surface area (Å²) in [4.78, 5) is 12.6. The standard InChI is InChI=1S/C18H16ClN3O2/c1-11-9-15(23)7-8-17(11)20-10-16-12(2)21-22(18(16)24)14-5-3-13(19)4-6-14/h3-10,20-21,23H,2H2,1H3. The first-order valence-electron chi connectivity index (χ1n) is 7.28. The average molecular weight is 342 g/mol. The fourth-order valence-electron chi connectivity index (χ4n) is 2.38. The van der Waals surface area contributed by atoms with E-state index in [-0.39, 0.29) is 11.3 Å². The maximum atomic E-state index is 12.6. The summed E-state index contributed by atoms with van der Waals surface area (Å²) in [7, 11) is 0. The number of hydrogen-bond donors (Lipinski definition) is 3. The van der Waals surface area contributed by atoms with E-state index >= 15 is 0 Å². The third kappa shape index (κ3) is 3.07. The molecule has 0 unspecified atom stereocenters. The molecule has 6 heteroatoms. The van der Waals surface area contributed by atoms with Gasteiger partial charge in [0.2, 0.25) is 0 Å². The van der Waals surface area contributed by atoms with Gasteiger partial charge in [0.25, 0.3) is 5.56 Å². The smallest absolute Gasteiger partial charge is 0.280 e. The summed E-state index contributed by atoms with van der Waals surface area (Å²) in [6.07, 6.45) is 1.60. The Kier molecular flexibility index (Phi) is 4.18. The molecule has 0 saturated carbocycles. The zero-order valence-electron chi connectivity index (χ0n) is 13.0. The van der Waals surface area contributed by atoms with Crippen molar-refractivity contribution in [1.82, 2.24) is 9.78 Å². The second-order valence-electron chi connectivity index (χ2n) is 5.41. The molecule has 2 aromatic carbocycles. The molecule has 1 heterocycles. The molecule has 0 aliphatic heterocycles. The van der Waals surface area contributed by atoms with Crippen LogP contribution in [0.4, 0.5) is 5.69 Å². The van der Waals surface area contributed by atoms with Gasteiger partial charge in [-0.1, -0.05) is 18.2 Å². The lowest BCUT2D eigenvalue weighted by atomic mass is 10.2. The Morgan fingerprint density at radius 3 is 2.62 bits per heavy atom. The van der Waals surface area contributed by atoms with E-state index in [0.717, 1.165) is 11.3 Å². The van der Waals surface area contributed by atoms with Crippen LogP contribution in [0.2, 0.25) is 5.02 Å². The van der Waals surface area contributed by atoms with Gasteiger partial charge < -0.3 is 10.4 Å². The summed E-state index contributed by atoms with van der Waals surface area (Å²) in [6.45, 7) is 5.75. The molecule has 0 atom stereocenters. The molecule has 0 radical (unpaired) electrons. The van der Waals surface area contributed by atoms with E-state index in [1.807, 2.05) is 6.92 Å². The molecule has 24 heavy (non-hydrogen) atoms. The van der Waals surface area contributed by atoms with E-state index in [4.69, 9.17) is 11.6 Å². The molecule has 0 aliphatic carbocycles. The zero-order valence-corrected chi connectivity index (χ0v) is 13.8. The molecule has 0 fully saturated rings. The van der Waals surface area contributed by atoms with Gasteiger partial charge in [-0.25, -0.2) is 4.68 Å². The van der Waals surface area contributed by atoms with Crippen LogP contribution in [0, 0.1) is 6.92 Å². The molecule has 5 nitrogen and oxygen atoms in total. The van der Waals surface area contributed by atoms with E-state index in [2.05, 4.69) is 17.0 Å². The Labute approximate surface area is 143 Å². The Bertz CT molecular complexity index is 1050. The average Bonchev–Trinajstić information content (AvgIpc) is 2.82. The fourth-order valence-corrected chi connectivity index (χ4v) is 2.50. The minimum absolute atomic E-state index is 0.197. The molecular weight excluding hydrogens is 326 g/mol. The van der Waals surface area contributed by atoms with E-state index < -0.39 is 0 Å². The van der Waals surface area contributed by atoms with Gasteiger partial charge in [-0.05, 0) is 55.0 Å². The molecule has 0 aliphatic rings. The van der Waals surface area contributed by atoms with Crippen molar-refractivity contribution < 1.29 is 5.11 Å². The number of rotatable bonds is 3. The summed E-state index contributed by atoms with van der Waals surface area (Å²) in [5, 5.41) is 17.0. The second kappa shape index (κ2) is 6.29. The van der Waals surface area contributed by atoms with Gasteiger partial charge in [-0.3, -0.25) is 9.89 Å². The number of nitrogens with zero attached hydrogens (tertiary/aromatic N) is 1. The van der Waals surface area contributed by atoms with Crippen LogP contribution in [0.15, 0.2) is 47.3 Å². The largest absolute Gasteiger partial charge is 0.508 e. The van der Waals surface area contributed by atoms with Gasteiger partial charge >= 0.3 is 0 Å². The number of phenolic OH excluding ortho intramolecular Hbond substituents is 1. The summed E-state index contributed by atoms with van der Waals surface area (Å²) < 4.78 is 1.41. The van der Waals surface area contributed by atoms with Crippen LogP contribution >= 0.6 is 11.6 Å². The van der Waals surface area contributed by atoms with E-state index in [1.54, 1.807) is 48.7 Å². The van der Waals surface area contributed by atoms with Crippen molar-refractivity contribution in [2.24, 2.45) is 0 Å². The van der Waals surface area contributed by atoms with Crippen LogP contribution in [-0.2, 0) is 0 Å². The summed E-state index contributed by atoms with van der Waals surface area (Å²) >= 11 is 5.87. The molecule has 0 amide bonds. The van der Waals surface area contributed by atoms with E-state index in [0.29, 0.717) is 21.3 Å². The highest BCUT2D eigenvalue weighted by Gasteiger charge is 2.05. The van der Waals surface area contributed by atoms with E-state index in [1.165, 1.54) is 4.68 Å². The third-order valence-electron chi connectivity index (χ3n) is 3.67. The van der Waals surface area contributed by atoms with Crippen molar-refractivity contribution in [1.29, 1.82) is 0 Å². The first-order valence-corrected chi connectivity index (χ1v) is 7.66. The maximum absolute atomic E-state index is 12.6. The zero-order chi connectivity index (χ0) is 17.3. The predicted molar refractivity (Wildman–Crippen MR) is 97.1 cm³/mol. The Morgan fingerprint density at radius 1 is 1.25 bits per heavy atom. The first-order chi connectivity index (χ1) is 11.5. The van der Waals surface area contributed by atoms with Crippen LogP contribution in [0.5, 0.6) is 5.75 Å². The van der Waals surface area contributed by atoms with Crippen LogP contribution in [0.1, 0.15) is 5.56 Å². The number of aromatic amines is 1. The highest BCUT2D eigenvalue weighted by molar-refractivity contribution is 6.30. The summed E-state index contributed by atoms with van der Waals surface area (Å²) in [5.74, 6) is 0.197. The van der Waals surface area contributed by atoms with Gasteiger partial charge in [0.15, 0.2) is 0 Å². The van der Waals surface area contributed by atoms with Crippen LogP contribution in [0.3, 0.4) is 0 Å². The number of H-pyrrole nitrogens is 1. The fraction of sp³-hybridized carbons (Fsp3) is 0.0556. The molecular formula is C18H16ClN3O2. The molecule has 1 aromatic heterocycles. The quantitative estimate of drug-likeness (QED) is 0.639. The van der Waals surface area contributed by atoms with Gasteiger partial charge in [-0.2, -0.15) is 0 Å². The van der Waals surface area contributed by atoms with Crippen molar-refractivity contribution >= 4 is 30.1 Å². The molecule has 0 bridgehead atoms. The monoisotopic (exact) mass is 341 g/mol. The van der Waals surface area contributed by atoms with Gasteiger partial charge in [-0.15, -0.1) is 0 Å². The lowest BCUT2D eigenvalue weighted by molar-refractivity contribution is 0.475. The van der Waals surface area contributed by atoms with E-state index in [9.17, 15) is 9.90 Å². The first kappa shape index (κ1) is 16.0. The Hall–Kier alpha value is -2.92. The summed E-state index contributed by atoms with van der Waals surface area (Å²) in [5.41, 5.74) is 2.12. The number of halogens is 1. The molecule has 0 saturated heterocycles. The number of aryl methyl sites for hydroxylation is 1. The van der Waals surface area contributed by atoms with Crippen LogP contribution in [-0.4, -0.2) is 14.9 Å². The normalized spacial score (nSPS) is 11.7. The molecule has 3 aromatic rings. The van der Waals surface area contributed by atoms with Crippen LogP contribution in [0.25, 0.3) is 18.5 Å². The van der Waals surface area contributed by atoms with Gasteiger partial charge in [0.05, 0.1) is 16.3 Å². The van der Waals surface area contributed by atoms with Crippen molar-refractivity contribution in [2.45, 2.75) is 6.92 Å². The highest BCUT2D eigenvalue weighted by atomic mass is 35.5. The highest BCUT2D eigenvalue weighted by Crippen LogP contribution is 2.19. The third-order valence-corrected chi connectivity index (χ3v) is 3.92. The number of benzene rings is 2. The number of aromatic nitrogens is 2. The van der Waals surface area contributed by atoms with Crippen LogP contribution < -0.4 is 21.4 Å². The van der Waals surface area contributed by atoms with Gasteiger partial charge in [0, 0.05) is 16.9 Å². The molecule has 122 valence electrons. The Morgan fingerprint density at radius 2 is 1.96 bits per heavy atom. The van der Waals surface area contributed by atoms with Crippen molar-refractivity contribution in [3.8, 4) is 11.4 Å². The minimum atomic E-state index is -0.216. The number of anilines is 1. The second-order valence-corrected chi connectivity index (χ2v) is 5.85. The maximum Gasteiger partial charge on any atom is 0.280 e. The lowest BCUT2D eigenvalue weighted by Gasteiger charge is -2.04. The lowest BCUT2D eigenvalue weighted by Crippen LogP contribution is -2.34. The number of phenols is 1. The minimum Gasteiger partial charge on any atom is -0.508 e. The SMILES string of the molecule is C=c1[nH]n(-c2ccc(Cl)cc2)c(=O)c1=CNc1ccc(O)cc1C. The topological polar surface area (TPSA) is 70.0 Å². The van der Waals surface area contributed by atoms with Crippen molar-refractivity contribution in [2.75, 3.05) is 5.32 Å². The summed E-state index contributed by atoms with van der Waals surface area (Å²) in [6, 6.07) is 11.9. The molecule has 3 rings (SSSR count). The molecule has 3 N–H and O–H groups in total. The van der Waals surface area contributed by atoms with Gasteiger partial charge in [0.1, 0.15) is 5.75 Å². The number of hydrogen-bond acceptors (Lipinski definition) is 3. The van der Waals surface area contributed by atoms with Crippen molar-refractivity contribution in [3.05, 3.63) is 74.0 Å². The number of aromatic hydroxyl groups is 1. The predicted octanol–water partition coefficient (Wildman–Crippen LogP) is 2.09. The number of nitrogens with one attached hydrogen (secondary N) is 2. The molecule has 0 spiro atoms. The Balaban J connectivity index is 2.01. The van der Waals surface area contributed by atoms with Crippen molar-refractivity contribution in [3.63, 3.8) is 0 Å².